The summed E-state index contributed by atoms with van der Waals surface area (Å²) in [4.78, 5) is 12.2. The second-order valence-corrected chi connectivity index (χ2v) is 7.25. The van der Waals surface area contributed by atoms with Crippen molar-refractivity contribution in [2.45, 2.75) is 18.0 Å². The monoisotopic (exact) mass is 397 g/mol. The smallest absolute Gasteiger partial charge is 0.230 e. The van der Waals surface area contributed by atoms with Gasteiger partial charge in [0.1, 0.15) is 5.75 Å². The van der Waals surface area contributed by atoms with E-state index in [0.717, 1.165) is 11.3 Å². The average Bonchev–Trinajstić information content (AvgIpc) is 3.11. The van der Waals surface area contributed by atoms with E-state index in [-0.39, 0.29) is 17.6 Å². The summed E-state index contributed by atoms with van der Waals surface area (Å²) in [5, 5.41) is 11.7. The van der Waals surface area contributed by atoms with Crippen LogP contribution in [-0.2, 0) is 4.79 Å². The number of ether oxygens (including phenoxy) is 1. The molecular weight excluding hydrogens is 374 g/mol. The molecule has 1 aromatic heterocycles. The van der Waals surface area contributed by atoms with Crippen LogP contribution in [0, 0.1) is 0 Å². The Hall–Kier alpha value is -3.00. The molecule has 0 bridgehead atoms. The third kappa shape index (κ3) is 4.83. The SMILES string of the molecule is COc1ccc(-c2nnc(SCC(=O)NC[C@H](C)c3ccccc3)n2N)cc1. The van der Waals surface area contributed by atoms with E-state index in [1.807, 2.05) is 42.5 Å². The first kappa shape index (κ1) is 19.8. The number of carbonyl (C=O) groups excluding carboxylic acids is 1. The first-order valence-corrected chi connectivity index (χ1v) is 9.86. The number of amides is 1. The Bertz CT molecular complexity index is 912. The van der Waals surface area contributed by atoms with Crippen LogP contribution in [0.15, 0.2) is 59.8 Å². The Morgan fingerprint density at radius 1 is 1.18 bits per heavy atom. The van der Waals surface area contributed by atoms with Crippen LogP contribution >= 0.6 is 11.8 Å². The van der Waals surface area contributed by atoms with Crippen molar-refractivity contribution in [3.05, 3.63) is 60.2 Å². The minimum Gasteiger partial charge on any atom is -0.497 e. The lowest BCUT2D eigenvalue weighted by atomic mass is 10.0. The number of rotatable bonds is 8. The number of methoxy groups -OCH3 is 1. The van der Waals surface area contributed by atoms with Gasteiger partial charge in [0.25, 0.3) is 0 Å². The third-order valence-electron chi connectivity index (χ3n) is 4.32. The van der Waals surface area contributed by atoms with Crippen LogP contribution in [0.4, 0.5) is 0 Å². The fourth-order valence-corrected chi connectivity index (χ4v) is 3.35. The van der Waals surface area contributed by atoms with Crippen LogP contribution in [0.5, 0.6) is 5.75 Å². The lowest BCUT2D eigenvalue weighted by Gasteiger charge is -2.12. The van der Waals surface area contributed by atoms with E-state index in [9.17, 15) is 4.79 Å². The Morgan fingerprint density at radius 3 is 2.57 bits per heavy atom. The quantitative estimate of drug-likeness (QED) is 0.448. The van der Waals surface area contributed by atoms with Gasteiger partial charge < -0.3 is 15.9 Å². The van der Waals surface area contributed by atoms with Gasteiger partial charge in [-0.1, -0.05) is 49.0 Å². The third-order valence-corrected chi connectivity index (χ3v) is 5.26. The van der Waals surface area contributed by atoms with Gasteiger partial charge in [0.2, 0.25) is 11.1 Å². The molecule has 28 heavy (non-hydrogen) atoms. The van der Waals surface area contributed by atoms with Crippen molar-refractivity contribution in [1.82, 2.24) is 20.2 Å². The molecule has 0 aliphatic carbocycles. The number of thioether (sulfide) groups is 1. The summed E-state index contributed by atoms with van der Waals surface area (Å²) in [6.45, 7) is 2.66. The van der Waals surface area contributed by atoms with Crippen molar-refractivity contribution < 1.29 is 9.53 Å². The fraction of sp³-hybridized carbons (Fsp3) is 0.250. The van der Waals surface area contributed by atoms with Gasteiger partial charge >= 0.3 is 0 Å². The highest BCUT2D eigenvalue weighted by molar-refractivity contribution is 7.99. The van der Waals surface area contributed by atoms with Crippen molar-refractivity contribution in [2.24, 2.45) is 0 Å². The van der Waals surface area contributed by atoms with Gasteiger partial charge in [-0.3, -0.25) is 4.79 Å². The summed E-state index contributed by atoms with van der Waals surface area (Å²) in [5.74, 6) is 7.78. The summed E-state index contributed by atoms with van der Waals surface area (Å²) < 4.78 is 6.55. The number of nitrogens with two attached hydrogens (primary N) is 1. The maximum atomic E-state index is 12.2. The van der Waals surface area contributed by atoms with Crippen LogP contribution < -0.4 is 15.9 Å². The van der Waals surface area contributed by atoms with Crippen molar-refractivity contribution in [3.63, 3.8) is 0 Å². The lowest BCUT2D eigenvalue weighted by molar-refractivity contribution is -0.118. The molecule has 0 radical (unpaired) electrons. The minimum absolute atomic E-state index is 0.0678. The normalized spacial score (nSPS) is 11.8. The molecule has 0 aliphatic heterocycles. The van der Waals surface area contributed by atoms with E-state index in [0.29, 0.717) is 17.5 Å². The molecule has 0 saturated carbocycles. The zero-order valence-corrected chi connectivity index (χ0v) is 16.6. The van der Waals surface area contributed by atoms with Crippen LogP contribution in [0.2, 0.25) is 0 Å². The van der Waals surface area contributed by atoms with Gasteiger partial charge in [-0.25, -0.2) is 4.68 Å². The van der Waals surface area contributed by atoms with Gasteiger partial charge in [-0.05, 0) is 35.7 Å². The first-order valence-electron chi connectivity index (χ1n) is 8.88. The fourth-order valence-electron chi connectivity index (χ4n) is 2.66. The number of hydrogen-bond donors (Lipinski definition) is 2. The number of aromatic nitrogens is 3. The molecule has 1 amide bonds. The molecule has 0 fully saturated rings. The molecule has 3 aromatic rings. The summed E-state index contributed by atoms with van der Waals surface area (Å²) in [6.07, 6.45) is 0. The summed E-state index contributed by atoms with van der Waals surface area (Å²) in [6, 6.07) is 17.5. The molecule has 146 valence electrons. The number of carbonyl (C=O) groups is 1. The molecule has 3 rings (SSSR count). The van der Waals surface area contributed by atoms with E-state index in [1.54, 1.807) is 7.11 Å². The van der Waals surface area contributed by atoms with Crippen LogP contribution in [0.3, 0.4) is 0 Å². The topological polar surface area (TPSA) is 95.1 Å². The molecule has 1 heterocycles. The van der Waals surface area contributed by atoms with Gasteiger partial charge in [0.05, 0.1) is 12.9 Å². The van der Waals surface area contributed by atoms with Crippen molar-refractivity contribution >= 4 is 17.7 Å². The zero-order valence-electron chi connectivity index (χ0n) is 15.8. The second-order valence-electron chi connectivity index (χ2n) is 6.31. The molecule has 0 saturated heterocycles. The van der Waals surface area contributed by atoms with Gasteiger partial charge in [0, 0.05) is 12.1 Å². The molecular formula is C20H23N5O2S. The molecule has 0 aliphatic rings. The van der Waals surface area contributed by atoms with E-state index in [4.69, 9.17) is 10.6 Å². The number of hydrogen-bond acceptors (Lipinski definition) is 6. The molecule has 1 atom stereocenters. The van der Waals surface area contributed by atoms with E-state index in [2.05, 4.69) is 34.6 Å². The Kier molecular flexibility index (Phi) is 6.54. The molecule has 0 unspecified atom stereocenters. The van der Waals surface area contributed by atoms with Crippen molar-refractivity contribution in [3.8, 4) is 17.1 Å². The van der Waals surface area contributed by atoms with Crippen molar-refractivity contribution in [1.29, 1.82) is 0 Å². The Balaban J connectivity index is 1.53. The van der Waals surface area contributed by atoms with Gasteiger partial charge in [-0.15, -0.1) is 10.2 Å². The molecule has 7 nitrogen and oxygen atoms in total. The maximum Gasteiger partial charge on any atom is 0.230 e. The highest BCUT2D eigenvalue weighted by Crippen LogP contribution is 2.23. The first-order chi connectivity index (χ1) is 13.6. The van der Waals surface area contributed by atoms with Crippen LogP contribution in [0.1, 0.15) is 18.4 Å². The molecule has 8 heteroatoms. The maximum absolute atomic E-state index is 12.2. The molecule has 0 spiro atoms. The summed E-state index contributed by atoms with van der Waals surface area (Å²) >= 11 is 1.25. The summed E-state index contributed by atoms with van der Waals surface area (Å²) in [7, 11) is 1.61. The largest absolute Gasteiger partial charge is 0.497 e. The lowest BCUT2D eigenvalue weighted by Crippen LogP contribution is -2.29. The van der Waals surface area contributed by atoms with E-state index in [1.165, 1.54) is 22.0 Å². The van der Waals surface area contributed by atoms with Gasteiger partial charge in [0.15, 0.2) is 5.82 Å². The number of nitrogen functional groups attached to an aromatic ring is 1. The van der Waals surface area contributed by atoms with Crippen LogP contribution in [-0.4, -0.2) is 40.2 Å². The highest BCUT2D eigenvalue weighted by Gasteiger charge is 2.14. The predicted octanol–water partition coefficient (Wildman–Crippen LogP) is 2.68. The zero-order chi connectivity index (χ0) is 19.9. The number of nitrogens with one attached hydrogen (secondary N) is 1. The molecule has 2 aromatic carbocycles. The Morgan fingerprint density at radius 2 is 1.89 bits per heavy atom. The number of benzene rings is 2. The molecule has 3 N–H and O–H groups in total. The van der Waals surface area contributed by atoms with Crippen molar-refractivity contribution in [2.75, 3.05) is 25.3 Å². The van der Waals surface area contributed by atoms with Crippen LogP contribution in [0.25, 0.3) is 11.4 Å². The Labute approximate surface area is 168 Å². The van der Waals surface area contributed by atoms with E-state index < -0.39 is 0 Å². The van der Waals surface area contributed by atoms with Gasteiger partial charge in [-0.2, -0.15) is 0 Å². The second kappa shape index (κ2) is 9.27. The summed E-state index contributed by atoms with van der Waals surface area (Å²) in [5.41, 5.74) is 2.02. The average molecular weight is 398 g/mol. The van der Waals surface area contributed by atoms with E-state index >= 15 is 0 Å². The minimum atomic E-state index is -0.0678. The number of nitrogens with zero attached hydrogens (tertiary/aromatic N) is 3. The predicted molar refractivity (Wildman–Crippen MR) is 111 cm³/mol. The highest BCUT2D eigenvalue weighted by atomic mass is 32.2. The standard InChI is InChI=1S/C20H23N5O2S/c1-14(15-6-4-3-5-7-15)12-22-18(26)13-28-20-24-23-19(25(20)21)16-8-10-17(27-2)11-9-16/h3-11,14H,12-13,21H2,1-2H3,(H,22,26)/t14-/m0/s1.